The molecule has 1 rings (SSSR count). The molecule has 1 N–H and O–H groups in total. The molecule has 1 aliphatic rings. The number of methoxy groups -OCH3 is 1. The van der Waals surface area contributed by atoms with Gasteiger partial charge in [-0.1, -0.05) is 0 Å². The zero-order chi connectivity index (χ0) is 12.1. The first-order valence-corrected chi connectivity index (χ1v) is 5.29. The van der Waals surface area contributed by atoms with Crippen LogP contribution in [0.2, 0.25) is 0 Å². The molecule has 0 spiro atoms. The molecule has 92 valence electrons. The summed E-state index contributed by atoms with van der Waals surface area (Å²) in [6.07, 6.45) is -0.340. The van der Waals surface area contributed by atoms with E-state index in [0.29, 0.717) is 12.8 Å². The van der Waals surface area contributed by atoms with Crippen LogP contribution in [0.5, 0.6) is 0 Å². The fraction of sp³-hybridized carbons (Fsp3) is 0.800. The van der Waals surface area contributed by atoms with Gasteiger partial charge in [0.2, 0.25) is 0 Å². The molecule has 0 bridgehead atoms. The Balaban J connectivity index is 2.71. The number of ether oxygens (including phenoxy) is 2. The van der Waals surface area contributed by atoms with Gasteiger partial charge in [0, 0.05) is 0 Å². The number of β-amino-alcohol motifs (C(OH)–C–C–N with tert-alkyl or cyclic N) is 1. The van der Waals surface area contributed by atoms with E-state index in [-0.39, 0.29) is 13.2 Å². The van der Waals surface area contributed by atoms with Crippen molar-refractivity contribution in [2.75, 3.05) is 20.3 Å². The SMILES string of the molecule is CCOC(=O)[C@@H]1CC[C@@H](O)CN1C(=O)OC. The monoisotopic (exact) mass is 231 g/mol. The molecule has 1 fully saturated rings. The maximum atomic E-state index is 11.6. The predicted molar refractivity (Wildman–Crippen MR) is 54.8 cm³/mol. The van der Waals surface area contributed by atoms with Gasteiger partial charge in [0.25, 0.3) is 0 Å². The lowest BCUT2D eigenvalue weighted by molar-refractivity contribution is -0.151. The smallest absolute Gasteiger partial charge is 0.410 e. The normalized spacial score (nSPS) is 25.1. The van der Waals surface area contributed by atoms with Gasteiger partial charge in [-0.3, -0.25) is 4.90 Å². The van der Waals surface area contributed by atoms with Crippen molar-refractivity contribution in [3.63, 3.8) is 0 Å². The second kappa shape index (κ2) is 5.69. The number of likely N-dealkylation sites (tertiary alicyclic amines) is 1. The minimum Gasteiger partial charge on any atom is -0.464 e. The molecule has 0 radical (unpaired) electrons. The second-order valence-electron chi connectivity index (χ2n) is 3.62. The number of hydrogen-bond acceptors (Lipinski definition) is 5. The number of hydrogen-bond donors (Lipinski definition) is 1. The van der Waals surface area contributed by atoms with E-state index in [0.717, 1.165) is 0 Å². The number of esters is 1. The van der Waals surface area contributed by atoms with Gasteiger partial charge in [0.15, 0.2) is 0 Å². The first-order valence-electron chi connectivity index (χ1n) is 5.29. The van der Waals surface area contributed by atoms with Crippen LogP contribution in [0.25, 0.3) is 0 Å². The Kier molecular flexibility index (Phi) is 4.54. The van der Waals surface area contributed by atoms with Gasteiger partial charge in [-0.15, -0.1) is 0 Å². The molecule has 0 aromatic carbocycles. The number of piperidine rings is 1. The molecule has 1 saturated heterocycles. The molecule has 0 aliphatic carbocycles. The van der Waals surface area contributed by atoms with Crippen molar-refractivity contribution < 1.29 is 24.2 Å². The maximum Gasteiger partial charge on any atom is 0.410 e. The Labute approximate surface area is 94.1 Å². The number of aliphatic hydroxyl groups excluding tert-OH is 1. The molecule has 16 heavy (non-hydrogen) atoms. The summed E-state index contributed by atoms with van der Waals surface area (Å²) < 4.78 is 9.44. The fourth-order valence-electron chi connectivity index (χ4n) is 1.75. The van der Waals surface area contributed by atoms with Crippen molar-refractivity contribution in [1.82, 2.24) is 4.90 Å². The molecule has 0 aromatic rings. The minimum absolute atomic E-state index is 0.107. The summed E-state index contributed by atoms with van der Waals surface area (Å²) >= 11 is 0. The third-order valence-corrected chi connectivity index (χ3v) is 2.52. The molecule has 0 saturated carbocycles. The van der Waals surface area contributed by atoms with Gasteiger partial charge in [-0.2, -0.15) is 0 Å². The molecule has 0 aromatic heterocycles. The van der Waals surface area contributed by atoms with Crippen LogP contribution in [0.1, 0.15) is 19.8 Å². The van der Waals surface area contributed by atoms with E-state index in [4.69, 9.17) is 4.74 Å². The number of carbonyl (C=O) groups is 2. The topological polar surface area (TPSA) is 76.1 Å². The fourth-order valence-corrected chi connectivity index (χ4v) is 1.75. The standard InChI is InChI=1S/C10H17NO5/c1-3-16-9(13)8-5-4-7(12)6-11(8)10(14)15-2/h7-8,12H,3-6H2,1-2H3/t7-,8+/m1/s1. The van der Waals surface area contributed by atoms with Gasteiger partial charge >= 0.3 is 12.1 Å². The minimum atomic E-state index is -0.643. The quantitative estimate of drug-likeness (QED) is 0.684. The highest BCUT2D eigenvalue weighted by Gasteiger charge is 2.36. The van der Waals surface area contributed by atoms with E-state index >= 15 is 0 Å². The summed E-state index contributed by atoms with van der Waals surface area (Å²) in [6.45, 7) is 2.08. The summed E-state index contributed by atoms with van der Waals surface area (Å²) in [5.41, 5.74) is 0. The Morgan fingerprint density at radius 2 is 2.12 bits per heavy atom. The van der Waals surface area contributed by atoms with E-state index in [2.05, 4.69) is 4.74 Å². The third-order valence-electron chi connectivity index (χ3n) is 2.52. The van der Waals surface area contributed by atoms with Crippen molar-refractivity contribution in [3.05, 3.63) is 0 Å². The van der Waals surface area contributed by atoms with Crippen LogP contribution in [0.4, 0.5) is 4.79 Å². The van der Waals surface area contributed by atoms with E-state index in [9.17, 15) is 14.7 Å². The van der Waals surface area contributed by atoms with Gasteiger partial charge in [0.05, 0.1) is 26.4 Å². The van der Waals surface area contributed by atoms with Crippen LogP contribution >= 0.6 is 0 Å². The molecule has 6 nitrogen and oxygen atoms in total. The van der Waals surface area contributed by atoms with Crippen LogP contribution in [-0.2, 0) is 14.3 Å². The lowest BCUT2D eigenvalue weighted by Crippen LogP contribution is -2.52. The number of aliphatic hydroxyl groups is 1. The van der Waals surface area contributed by atoms with Crippen molar-refractivity contribution in [3.8, 4) is 0 Å². The Bertz CT molecular complexity index is 268. The summed E-state index contributed by atoms with van der Waals surface area (Å²) in [6, 6.07) is -0.643. The van der Waals surface area contributed by atoms with Crippen LogP contribution in [-0.4, -0.2) is 54.5 Å². The second-order valence-corrected chi connectivity index (χ2v) is 3.62. The lowest BCUT2D eigenvalue weighted by Gasteiger charge is -2.35. The first-order chi connectivity index (χ1) is 7.60. The molecule has 1 amide bonds. The van der Waals surface area contributed by atoms with Crippen LogP contribution in [0, 0.1) is 0 Å². The summed E-state index contributed by atoms with van der Waals surface area (Å²) in [4.78, 5) is 24.2. The highest BCUT2D eigenvalue weighted by atomic mass is 16.6. The van der Waals surface area contributed by atoms with Crippen LogP contribution in [0.3, 0.4) is 0 Å². The molecule has 1 aliphatic heterocycles. The average molecular weight is 231 g/mol. The predicted octanol–water partition coefficient (Wildman–Crippen LogP) is 0.141. The summed E-state index contributed by atoms with van der Waals surface area (Å²) in [5, 5.41) is 9.45. The number of carbonyl (C=O) groups excluding carboxylic acids is 2. The largest absolute Gasteiger partial charge is 0.464 e. The zero-order valence-corrected chi connectivity index (χ0v) is 9.51. The molecule has 1 heterocycles. The van der Waals surface area contributed by atoms with E-state index < -0.39 is 24.2 Å². The number of amides is 1. The Morgan fingerprint density at radius 1 is 1.44 bits per heavy atom. The van der Waals surface area contributed by atoms with Crippen molar-refractivity contribution in [2.24, 2.45) is 0 Å². The maximum absolute atomic E-state index is 11.6. The van der Waals surface area contributed by atoms with Crippen LogP contribution in [0.15, 0.2) is 0 Å². The van der Waals surface area contributed by atoms with Crippen molar-refractivity contribution in [1.29, 1.82) is 0 Å². The van der Waals surface area contributed by atoms with E-state index in [1.165, 1.54) is 12.0 Å². The first kappa shape index (κ1) is 12.8. The molecule has 2 atom stereocenters. The van der Waals surface area contributed by atoms with E-state index in [1.807, 2.05) is 0 Å². The van der Waals surface area contributed by atoms with Gasteiger partial charge in [-0.05, 0) is 19.8 Å². The number of nitrogens with zero attached hydrogens (tertiary/aromatic N) is 1. The molecule has 6 heteroatoms. The lowest BCUT2D eigenvalue weighted by atomic mass is 10.0. The van der Waals surface area contributed by atoms with Crippen molar-refractivity contribution in [2.45, 2.75) is 31.9 Å². The summed E-state index contributed by atoms with van der Waals surface area (Å²) in [5.74, 6) is -0.445. The zero-order valence-electron chi connectivity index (χ0n) is 9.51. The summed E-state index contributed by atoms with van der Waals surface area (Å²) in [7, 11) is 1.24. The molecular weight excluding hydrogens is 214 g/mol. The van der Waals surface area contributed by atoms with Crippen LogP contribution < -0.4 is 0 Å². The van der Waals surface area contributed by atoms with Gasteiger partial charge in [0.1, 0.15) is 6.04 Å². The average Bonchev–Trinajstić information content (AvgIpc) is 2.28. The Morgan fingerprint density at radius 3 is 2.69 bits per heavy atom. The highest BCUT2D eigenvalue weighted by molar-refractivity contribution is 5.81. The van der Waals surface area contributed by atoms with Gasteiger partial charge < -0.3 is 14.6 Å². The van der Waals surface area contributed by atoms with Crippen molar-refractivity contribution >= 4 is 12.1 Å². The number of rotatable bonds is 2. The molecular formula is C10H17NO5. The van der Waals surface area contributed by atoms with Gasteiger partial charge in [-0.25, -0.2) is 9.59 Å². The Hall–Kier alpha value is -1.30. The molecule has 0 unspecified atom stereocenters. The highest BCUT2D eigenvalue weighted by Crippen LogP contribution is 2.19. The third kappa shape index (κ3) is 2.85. The van der Waals surface area contributed by atoms with E-state index in [1.54, 1.807) is 6.92 Å².